The fourth-order valence-electron chi connectivity index (χ4n) is 3.24. The molecule has 0 spiro atoms. The number of anilines is 1. The molecule has 0 radical (unpaired) electrons. The molecule has 0 bridgehead atoms. The summed E-state index contributed by atoms with van der Waals surface area (Å²) in [5.41, 5.74) is 0. The predicted molar refractivity (Wildman–Crippen MR) is 79.6 cm³/mol. The van der Waals surface area contributed by atoms with Crippen LogP contribution in [0.2, 0.25) is 0 Å². The molecule has 1 aromatic rings. The first-order valence-electron chi connectivity index (χ1n) is 7.79. The van der Waals surface area contributed by atoms with Crippen molar-refractivity contribution in [2.45, 2.75) is 38.3 Å². The highest BCUT2D eigenvalue weighted by Crippen LogP contribution is 2.23. The van der Waals surface area contributed by atoms with Crippen molar-refractivity contribution in [2.75, 3.05) is 38.6 Å². The standard InChI is InChI=1S/C14H23N5O3/c1-10-15-13(22-17-10)16-14(20)19-9-12(21-2)7-11(19)8-18-5-3-4-6-18/h11-12H,3-9H2,1-2H3,(H,15,16,17,20)/t11-,12-/m0/s1. The molecule has 0 saturated carbocycles. The molecule has 2 aliphatic heterocycles. The van der Waals surface area contributed by atoms with E-state index in [1.807, 2.05) is 4.90 Å². The lowest BCUT2D eigenvalue weighted by molar-refractivity contribution is 0.111. The molecule has 8 heteroatoms. The fraction of sp³-hybridized carbons (Fsp3) is 0.786. The van der Waals surface area contributed by atoms with Gasteiger partial charge in [-0.2, -0.15) is 4.98 Å². The van der Waals surface area contributed by atoms with Crippen molar-refractivity contribution in [2.24, 2.45) is 0 Å². The highest BCUT2D eigenvalue weighted by atomic mass is 16.5. The molecule has 1 aromatic heterocycles. The number of nitrogens with one attached hydrogen (secondary N) is 1. The number of likely N-dealkylation sites (tertiary alicyclic amines) is 2. The Kier molecular flexibility index (Phi) is 4.58. The van der Waals surface area contributed by atoms with Crippen LogP contribution < -0.4 is 5.32 Å². The van der Waals surface area contributed by atoms with Gasteiger partial charge in [-0.1, -0.05) is 5.16 Å². The first-order valence-corrected chi connectivity index (χ1v) is 7.79. The summed E-state index contributed by atoms with van der Waals surface area (Å²) < 4.78 is 10.4. The SMILES string of the molecule is CO[C@H]1C[C@@H](CN2CCCC2)N(C(=O)Nc2nc(C)no2)C1. The number of rotatable bonds is 4. The third-order valence-electron chi connectivity index (χ3n) is 4.38. The summed E-state index contributed by atoms with van der Waals surface area (Å²) in [6.07, 6.45) is 3.44. The number of methoxy groups -OCH3 is 1. The van der Waals surface area contributed by atoms with Crippen LogP contribution in [-0.4, -0.2) is 71.4 Å². The molecule has 3 heterocycles. The summed E-state index contributed by atoms with van der Waals surface area (Å²) in [6.45, 7) is 5.44. The number of hydrogen-bond donors (Lipinski definition) is 1. The van der Waals surface area contributed by atoms with Gasteiger partial charge in [0.15, 0.2) is 5.82 Å². The number of urea groups is 1. The second kappa shape index (κ2) is 6.62. The summed E-state index contributed by atoms with van der Waals surface area (Å²) in [5.74, 6) is 0.500. The van der Waals surface area contributed by atoms with E-state index >= 15 is 0 Å². The number of hydrogen-bond acceptors (Lipinski definition) is 6. The minimum absolute atomic E-state index is 0.0859. The number of aromatic nitrogens is 2. The van der Waals surface area contributed by atoms with Crippen LogP contribution in [-0.2, 0) is 4.74 Å². The second-order valence-electron chi connectivity index (χ2n) is 5.98. The number of carbonyl (C=O) groups excluding carboxylic acids is 1. The van der Waals surface area contributed by atoms with Gasteiger partial charge >= 0.3 is 12.0 Å². The molecular formula is C14H23N5O3. The largest absolute Gasteiger partial charge is 0.380 e. The Morgan fingerprint density at radius 1 is 1.45 bits per heavy atom. The maximum atomic E-state index is 12.5. The molecule has 2 fully saturated rings. The molecule has 122 valence electrons. The number of ether oxygens (including phenoxy) is 1. The van der Waals surface area contributed by atoms with E-state index < -0.39 is 0 Å². The van der Waals surface area contributed by atoms with Crippen molar-refractivity contribution in [1.82, 2.24) is 19.9 Å². The van der Waals surface area contributed by atoms with Gasteiger partial charge in [0.05, 0.1) is 6.10 Å². The van der Waals surface area contributed by atoms with Crippen molar-refractivity contribution in [3.63, 3.8) is 0 Å². The highest BCUT2D eigenvalue weighted by Gasteiger charge is 2.37. The van der Waals surface area contributed by atoms with Crippen LogP contribution in [0.1, 0.15) is 25.1 Å². The van der Waals surface area contributed by atoms with Crippen LogP contribution in [0.5, 0.6) is 0 Å². The van der Waals surface area contributed by atoms with Gasteiger partial charge in [-0.3, -0.25) is 5.32 Å². The highest BCUT2D eigenvalue weighted by molar-refractivity contribution is 5.87. The molecule has 2 aliphatic rings. The van der Waals surface area contributed by atoms with E-state index in [1.54, 1.807) is 14.0 Å². The van der Waals surface area contributed by atoms with Crippen LogP contribution in [0.25, 0.3) is 0 Å². The number of nitrogens with zero attached hydrogens (tertiary/aromatic N) is 4. The van der Waals surface area contributed by atoms with Crippen molar-refractivity contribution in [3.05, 3.63) is 5.82 Å². The molecular weight excluding hydrogens is 286 g/mol. The van der Waals surface area contributed by atoms with Crippen molar-refractivity contribution in [3.8, 4) is 0 Å². The summed E-state index contributed by atoms with van der Waals surface area (Å²) in [4.78, 5) is 20.7. The first-order chi connectivity index (χ1) is 10.7. The van der Waals surface area contributed by atoms with Gasteiger partial charge in [-0.05, 0) is 39.3 Å². The molecule has 8 nitrogen and oxygen atoms in total. The third kappa shape index (κ3) is 3.38. The van der Waals surface area contributed by atoms with Gasteiger partial charge in [-0.15, -0.1) is 0 Å². The van der Waals surface area contributed by atoms with Crippen LogP contribution in [0.4, 0.5) is 10.8 Å². The summed E-state index contributed by atoms with van der Waals surface area (Å²) in [7, 11) is 1.69. The van der Waals surface area contributed by atoms with E-state index in [2.05, 4.69) is 20.4 Å². The Bertz CT molecular complexity index is 514. The zero-order valence-corrected chi connectivity index (χ0v) is 13.1. The number of amides is 2. The Balaban J connectivity index is 1.63. The lowest BCUT2D eigenvalue weighted by atomic mass is 10.2. The maximum Gasteiger partial charge on any atom is 0.329 e. The van der Waals surface area contributed by atoms with Gasteiger partial charge in [0.1, 0.15) is 0 Å². The first kappa shape index (κ1) is 15.2. The normalized spacial score (nSPS) is 25.8. The average Bonchev–Trinajstić information content (AvgIpc) is 3.21. The van der Waals surface area contributed by atoms with Crippen molar-refractivity contribution < 1.29 is 14.1 Å². The molecule has 0 aromatic carbocycles. The Morgan fingerprint density at radius 2 is 2.23 bits per heavy atom. The summed E-state index contributed by atoms with van der Waals surface area (Å²) in [5, 5.41) is 6.35. The second-order valence-corrected chi connectivity index (χ2v) is 5.98. The van der Waals surface area contributed by atoms with Gasteiger partial charge in [0.2, 0.25) is 0 Å². The Labute approximate surface area is 129 Å². The van der Waals surface area contributed by atoms with E-state index in [0.717, 1.165) is 26.1 Å². The van der Waals surface area contributed by atoms with Crippen LogP contribution >= 0.6 is 0 Å². The molecule has 0 unspecified atom stereocenters. The van der Waals surface area contributed by atoms with E-state index in [9.17, 15) is 4.79 Å². The van der Waals surface area contributed by atoms with Gasteiger partial charge in [0, 0.05) is 26.2 Å². The minimum atomic E-state index is -0.201. The zero-order chi connectivity index (χ0) is 15.5. The van der Waals surface area contributed by atoms with Gasteiger partial charge in [0.25, 0.3) is 0 Å². The molecule has 3 rings (SSSR count). The fourth-order valence-corrected chi connectivity index (χ4v) is 3.24. The Hall–Kier alpha value is -1.67. The molecule has 2 amide bonds. The number of aryl methyl sites for hydroxylation is 1. The molecule has 2 atom stereocenters. The lowest BCUT2D eigenvalue weighted by Crippen LogP contribution is -2.44. The van der Waals surface area contributed by atoms with E-state index in [0.29, 0.717) is 12.4 Å². The number of carbonyl (C=O) groups is 1. The molecule has 2 saturated heterocycles. The zero-order valence-electron chi connectivity index (χ0n) is 13.1. The topological polar surface area (TPSA) is 83.7 Å². The smallest absolute Gasteiger partial charge is 0.329 e. The molecule has 22 heavy (non-hydrogen) atoms. The van der Waals surface area contributed by atoms with Crippen molar-refractivity contribution in [1.29, 1.82) is 0 Å². The quantitative estimate of drug-likeness (QED) is 0.896. The monoisotopic (exact) mass is 309 g/mol. The van der Waals surface area contributed by atoms with E-state index in [-0.39, 0.29) is 24.2 Å². The Morgan fingerprint density at radius 3 is 2.86 bits per heavy atom. The maximum absolute atomic E-state index is 12.5. The van der Waals surface area contributed by atoms with Crippen LogP contribution in [0, 0.1) is 6.92 Å². The minimum Gasteiger partial charge on any atom is -0.380 e. The van der Waals surface area contributed by atoms with Crippen molar-refractivity contribution >= 4 is 12.0 Å². The van der Waals surface area contributed by atoms with Gasteiger partial charge in [-0.25, -0.2) is 4.79 Å². The van der Waals surface area contributed by atoms with E-state index in [4.69, 9.17) is 9.26 Å². The summed E-state index contributed by atoms with van der Waals surface area (Å²) in [6, 6.07) is 0.0998. The molecule has 0 aliphatic carbocycles. The van der Waals surface area contributed by atoms with E-state index in [1.165, 1.54) is 12.8 Å². The van der Waals surface area contributed by atoms with Crippen LogP contribution in [0.3, 0.4) is 0 Å². The lowest BCUT2D eigenvalue weighted by Gasteiger charge is -2.27. The molecule has 1 N–H and O–H groups in total. The van der Waals surface area contributed by atoms with Gasteiger partial charge < -0.3 is 19.1 Å². The summed E-state index contributed by atoms with van der Waals surface area (Å²) >= 11 is 0. The third-order valence-corrected chi connectivity index (χ3v) is 4.38. The average molecular weight is 309 g/mol. The van der Waals surface area contributed by atoms with Crippen LogP contribution in [0.15, 0.2) is 4.52 Å². The predicted octanol–water partition coefficient (Wildman–Crippen LogP) is 1.10.